The highest BCUT2D eigenvalue weighted by atomic mass is 16.5. The average Bonchev–Trinajstić information content (AvgIpc) is 2.48. The molecule has 0 amide bonds. The molecule has 2 aromatic carbocycles. The number of benzene rings is 2. The lowest BCUT2D eigenvalue weighted by molar-refractivity contribution is 0.177. The number of anilines is 1. The highest BCUT2D eigenvalue weighted by Crippen LogP contribution is 2.39. The maximum Gasteiger partial charge on any atom is 0.144 e. The van der Waals surface area contributed by atoms with Crippen LogP contribution in [0.4, 0.5) is 5.69 Å². The molecular weight excluding hydrogens is 250 g/mol. The lowest BCUT2D eigenvalue weighted by Crippen LogP contribution is -2.32. The highest BCUT2D eigenvalue weighted by Gasteiger charge is 2.28. The summed E-state index contributed by atoms with van der Waals surface area (Å²) in [7, 11) is 1.68. The molecule has 1 aliphatic heterocycles. The van der Waals surface area contributed by atoms with Crippen LogP contribution in [-0.4, -0.2) is 13.2 Å². The van der Waals surface area contributed by atoms with Gasteiger partial charge in [-0.2, -0.15) is 0 Å². The van der Waals surface area contributed by atoms with E-state index >= 15 is 0 Å². The maximum absolute atomic E-state index is 6.18. The molecule has 0 saturated carbocycles. The number of rotatable bonds is 2. The Kier molecular flexibility index (Phi) is 3.26. The standard InChI is InChI=1S/C17H19NO2/c1-11-5-4-6-15-16(11)18-12(2)17(20-15)13-7-9-14(19-3)10-8-13/h4-10,12,17-18H,1-3H3. The summed E-state index contributed by atoms with van der Waals surface area (Å²) in [5.41, 5.74) is 3.46. The second kappa shape index (κ2) is 5.08. The fraction of sp³-hybridized carbons (Fsp3) is 0.294. The molecule has 104 valence electrons. The molecule has 0 saturated heterocycles. The maximum atomic E-state index is 6.18. The Bertz CT molecular complexity index is 607. The second-order valence-corrected chi connectivity index (χ2v) is 5.19. The first-order chi connectivity index (χ1) is 9.69. The number of methoxy groups -OCH3 is 1. The highest BCUT2D eigenvalue weighted by molar-refractivity contribution is 5.64. The van der Waals surface area contributed by atoms with Crippen molar-refractivity contribution >= 4 is 5.69 Å². The largest absolute Gasteiger partial charge is 0.497 e. The minimum Gasteiger partial charge on any atom is -0.497 e. The van der Waals surface area contributed by atoms with Crippen molar-refractivity contribution in [2.45, 2.75) is 26.0 Å². The van der Waals surface area contributed by atoms with Crippen LogP contribution in [0.3, 0.4) is 0 Å². The van der Waals surface area contributed by atoms with Crippen LogP contribution in [0.1, 0.15) is 24.2 Å². The quantitative estimate of drug-likeness (QED) is 0.895. The van der Waals surface area contributed by atoms with Gasteiger partial charge in [-0.15, -0.1) is 0 Å². The summed E-state index contributed by atoms with van der Waals surface area (Å²) >= 11 is 0. The van der Waals surface area contributed by atoms with Crippen molar-refractivity contribution in [1.29, 1.82) is 0 Å². The summed E-state index contributed by atoms with van der Waals surface area (Å²) in [4.78, 5) is 0. The van der Waals surface area contributed by atoms with Crippen molar-refractivity contribution in [3.05, 3.63) is 53.6 Å². The van der Waals surface area contributed by atoms with Crippen molar-refractivity contribution in [1.82, 2.24) is 0 Å². The molecular formula is C17H19NO2. The third-order valence-electron chi connectivity index (χ3n) is 3.76. The SMILES string of the molecule is COc1ccc(C2Oc3cccc(C)c3NC2C)cc1. The molecule has 20 heavy (non-hydrogen) atoms. The molecule has 2 unspecified atom stereocenters. The minimum absolute atomic E-state index is 0.00945. The van der Waals surface area contributed by atoms with Crippen LogP contribution in [0.5, 0.6) is 11.5 Å². The van der Waals surface area contributed by atoms with Gasteiger partial charge in [-0.1, -0.05) is 24.3 Å². The Morgan fingerprint density at radius 2 is 1.85 bits per heavy atom. The fourth-order valence-electron chi connectivity index (χ4n) is 2.62. The third kappa shape index (κ3) is 2.20. The molecule has 1 N–H and O–H groups in total. The van der Waals surface area contributed by atoms with Gasteiger partial charge in [0.2, 0.25) is 0 Å². The molecule has 0 aliphatic carbocycles. The van der Waals surface area contributed by atoms with Crippen molar-refractivity contribution in [3.63, 3.8) is 0 Å². The summed E-state index contributed by atoms with van der Waals surface area (Å²) in [6.07, 6.45) is 0.00945. The number of ether oxygens (including phenoxy) is 2. The molecule has 1 aliphatic rings. The van der Waals surface area contributed by atoms with E-state index in [2.05, 4.69) is 37.4 Å². The van der Waals surface area contributed by atoms with Gasteiger partial charge in [0.1, 0.15) is 17.6 Å². The van der Waals surface area contributed by atoms with Crippen molar-refractivity contribution < 1.29 is 9.47 Å². The molecule has 0 spiro atoms. The van der Waals surface area contributed by atoms with Gasteiger partial charge in [0, 0.05) is 0 Å². The first kappa shape index (κ1) is 12.9. The smallest absolute Gasteiger partial charge is 0.144 e. The molecule has 1 heterocycles. The van der Waals surface area contributed by atoms with Gasteiger partial charge in [0.05, 0.1) is 18.8 Å². The van der Waals surface area contributed by atoms with Gasteiger partial charge in [0.15, 0.2) is 0 Å². The van der Waals surface area contributed by atoms with Gasteiger partial charge >= 0.3 is 0 Å². The Balaban J connectivity index is 1.91. The van der Waals surface area contributed by atoms with E-state index in [0.717, 1.165) is 22.7 Å². The van der Waals surface area contributed by atoms with Crippen molar-refractivity contribution in [3.8, 4) is 11.5 Å². The molecule has 3 nitrogen and oxygen atoms in total. The van der Waals surface area contributed by atoms with Gasteiger partial charge in [-0.05, 0) is 43.2 Å². The Labute approximate surface area is 119 Å². The van der Waals surface area contributed by atoms with Crippen LogP contribution in [-0.2, 0) is 0 Å². The van der Waals surface area contributed by atoms with E-state index in [9.17, 15) is 0 Å². The van der Waals surface area contributed by atoms with Crippen LogP contribution in [0, 0.1) is 6.92 Å². The van der Waals surface area contributed by atoms with E-state index in [1.165, 1.54) is 5.56 Å². The minimum atomic E-state index is 0.00945. The number of fused-ring (bicyclic) bond motifs is 1. The summed E-state index contributed by atoms with van der Waals surface area (Å²) in [5.74, 6) is 1.78. The third-order valence-corrected chi connectivity index (χ3v) is 3.76. The van der Waals surface area contributed by atoms with Crippen LogP contribution in [0.25, 0.3) is 0 Å². The van der Waals surface area contributed by atoms with Gasteiger partial charge in [-0.3, -0.25) is 0 Å². The number of aryl methyl sites for hydroxylation is 1. The van der Waals surface area contributed by atoms with E-state index < -0.39 is 0 Å². The summed E-state index contributed by atoms with van der Waals surface area (Å²) in [6.45, 7) is 4.24. The van der Waals surface area contributed by atoms with Crippen LogP contribution < -0.4 is 14.8 Å². The van der Waals surface area contributed by atoms with E-state index in [-0.39, 0.29) is 12.1 Å². The zero-order chi connectivity index (χ0) is 14.1. The number of hydrogen-bond donors (Lipinski definition) is 1. The van der Waals surface area contributed by atoms with Gasteiger partial charge in [0.25, 0.3) is 0 Å². The van der Waals surface area contributed by atoms with Gasteiger partial charge in [-0.25, -0.2) is 0 Å². The zero-order valence-corrected chi connectivity index (χ0v) is 12.0. The predicted octanol–water partition coefficient (Wildman–Crippen LogP) is 3.94. The van der Waals surface area contributed by atoms with E-state index in [0.29, 0.717) is 0 Å². The summed E-state index contributed by atoms with van der Waals surface area (Å²) in [5, 5.41) is 3.55. The number of nitrogens with one attached hydrogen (secondary N) is 1. The monoisotopic (exact) mass is 269 g/mol. The topological polar surface area (TPSA) is 30.5 Å². The Morgan fingerprint density at radius 1 is 1.10 bits per heavy atom. The number of hydrogen-bond acceptors (Lipinski definition) is 3. The van der Waals surface area contributed by atoms with E-state index in [1.54, 1.807) is 7.11 Å². The number of para-hydroxylation sites is 1. The Hall–Kier alpha value is -2.16. The molecule has 0 bridgehead atoms. The lowest BCUT2D eigenvalue weighted by Gasteiger charge is -2.34. The van der Waals surface area contributed by atoms with Gasteiger partial charge < -0.3 is 14.8 Å². The Morgan fingerprint density at radius 3 is 2.55 bits per heavy atom. The normalized spacial score (nSPS) is 20.6. The van der Waals surface area contributed by atoms with Crippen LogP contribution in [0.15, 0.2) is 42.5 Å². The lowest BCUT2D eigenvalue weighted by atomic mass is 10.00. The zero-order valence-electron chi connectivity index (χ0n) is 12.0. The van der Waals surface area contributed by atoms with E-state index in [1.807, 2.05) is 24.3 Å². The molecule has 2 aromatic rings. The van der Waals surface area contributed by atoms with Crippen LogP contribution >= 0.6 is 0 Å². The second-order valence-electron chi connectivity index (χ2n) is 5.19. The van der Waals surface area contributed by atoms with Crippen LogP contribution in [0.2, 0.25) is 0 Å². The van der Waals surface area contributed by atoms with E-state index in [4.69, 9.17) is 9.47 Å². The molecule has 3 rings (SSSR count). The predicted molar refractivity (Wildman–Crippen MR) is 80.6 cm³/mol. The molecule has 0 aromatic heterocycles. The molecule has 2 atom stereocenters. The molecule has 0 radical (unpaired) electrons. The first-order valence-corrected chi connectivity index (χ1v) is 6.86. The molecule has 3 heteroatoms. The van der Waals surface area contributed by atoms with Crippen molar-refractivity contribution in [2.24, 2.45) is 0 Å². The average molecular weight is 269 g/mol. The molecule has 0 fully saturated rings. The van der Waals surface area contributed by atoms with Crippen molar-refractivity contribution in [2.75, 3.05) is 12.4 Å². The summed E-state index contributed by atoms with van der Waals surface area (Å²) in [6, 6.07) is 14.4. The fourth-order valence-corrected chi connectivity index (χ4v) is 2.62. The summed E-state index contributed by atoms with van der Waals surface area (Å²) < 4.78 is 11.4. The first-order valence-electron chi connectivity index (χ1n) is 6.86.